The van der Waals surface area contributed by atoms with Gasteiger partial charge in [0, 0.05) is 43.0 Å². The molecule has 0 unspecified atom stereocenters. The van der Waals surface area contributed by atoms with Crippen LogP contribution in [0.4, 0.5) is 5.69 Å². The van der Waals surface area contributed by atoms with Crippen molar-refractivity contribution in [1.29, 1.82) is 0 Å². The first kappa shape index (κ1) is 14.8. The third-order valence-corrected chi connectivity index (χ3v) is 4.48. The minimum Gasteiger partial charge on any atom is -0.381 e. The van der Waals surface area contributed by atoms with Crippen LogP contribution in [-0.2, 0) is 4.74 Å². The molecule has 0 aliphatic carbocycles. The molecule has 0 bridgehead atoms. The van der Waals surface area contributed by atoms with Crippen LogP contribution in [0.25, 0.3) is 0 Å². The van der Waals surface area contributed by atoms with Crippen molar-refractivity contribution >= 4 is 21.6 Å². The molecule has 1 aliphatic heterocycles. The minimum absolute atomic E-state index is 0.0595. The van der Waals surface area contributed by atoms with Gasteiger partial charge in [-0.15, -0.1) is 0 Å². The quantitative estimate of drug-likeness (QED) is 0.922. The highest BCUT2D eigenvalue weighted by molar-refractivity contribution is 9.10. The minimum atomic E-state index is 0.0595. The maximum absolute atomic E-state index is 5.93. The average Bonchev–Trinajstić information content (AvgIpc) is 2.39. The predicted molar refractivity (Wildman–Crippen MR) is 83.6 cm³/mol. The Hall–Kier alpha value is -0.580. The monoisotopic (exact) mass is 326 g/mol. The summed E-state index contributed by atoms with van der Waals surface area (Å²) < 4.78 is 6.50. The van der Waals surface area contributed by atoms with Crippen molar-refractivity contribution in [2.24, 2.45) is 11.7 Å². The van der Waals surface area contributed by atoms with Gasteiger partial charge in [-0.2, -0.15) is 0 Å². The number of ether oxygens (including phenoxy) is 1. The lowest BCUT2D eigenvalue weighted by Crippen LogP contribution is -2.29. The Labute approximate surface area is 124 Å². The Kier molecular flexibility index (Phi) is 5.25. The second kappa shape index (κ2) is 6.73. The largest absolute Gasteiger partial charge is 0.381 e. The van der Waals surface area contributed by atoms with E-state index in [2.05, 4.69) is 46.1 Å². The van der Waals surface area contributed by atoms with E-state index in [0.29, 0.717) is 0 Å². The highest BCUT2D eigenvalue weighted by Crippen LogP contribution is 2.28. The summed E-state index contributed by atoms with van der Waals surface area (Å²) >= 11 is 3.61. The maximum atomic E-state index is 5.93. The van der Waals surface area contributed by atoms with Crippen molar-refractivity contribution in [3.63, 3.8) is 0 Å². The summed E-state index contributed by atoms with van der Waals surface area (Å²) in [6.45, 7) is 4.91. The predicted octanol–water partition coefficient (Wildman–Crippen LogP) is 3.33. The van der Waals surface area contributed by atoms with E-state index in [9.17, 15) is 0 Å². The molecule has 1 heterocycles. The molecule has 1 fully saturated rings. The van der Waals surface area contributed by atoms with E-state index in [1.165, 1.54) is 18.5 Å². The molecule has 1 atom stereocenters. The third-order valence-electron chi connectivity index (χ3n) is 3.79. The summed E-state index contributed by atoms with van der Waals surface area (Å²) in [6.07, 6.45) is 2.34. The van der Waals surface area contributed by atoms with Crippen LogP contribution in [0.15, 0.2) is 22.7 Å². The molecule has 2 N–H and O–H groups in total. The van der Waals surface area contributed by atoms with Crippen LogP contribution in [0.3, 0.4) is 0 Å². The molecule has 3 nitrogen and oxygen atoms in total. The van der Waals surface area contributed by atoms with E-state index in [1.807, 2.05) is 6.92 Å². The van der Waals surface area contributed by atoms with Gasteiger partial charge in [0.25, 0.3) is 0 Å². The molecule has 0 spiro atoms. The molecule has 0 amide bonds. The topological polar surface area (TPSA) is 38.5 Å². The third kappa shape index (κ3) is 3.94. The standard InChI is InChI=1S/C15H23BrN2O/c1-11(17)14-4-3-13(9-15(14)16)18(2)10-12-5-7-19-8-6-12/h3-4,9,11-12H,5-8,10,17H2,1-2H3/t11-/m0/s1. The molecule has 19 heavy (non-hydrogen) atoms. The Morgan fingerprint density at radius 1 is 1.42 bits per heavy atom. The van der Waals surface area contributed by atoms with Gasteiger partial charge in [-0.3, -0.25) is 0 Å². The molecule has 0 saturated carbocycles. The molecule has 0 radical (unpaired) electrons. The zero-order valence-corrected chi connectivity index (χ0v) is 13.3. The Morgan fingerprint density at radius 2 is 2.11 bits per heavy atom. The Bertz CT molecular complexity index is 417. The van der Waals surface area contributed by atoms with Gasteiger partial charge in [0.1, 0.15) is 0 Å². The van der Waals surface area contributed by atoms with Crippen molar-refractivity contribution in [3.05, 3.63) is 28.2 Å². The number of anilines is 1. The van der Waals surface area contributed by atoms with E-state index >= 15 is 0 Å². The number of halogens is 1. The number of rotatable bonds is 4. The number of nitrogens with zero attached hydrogens (tertiary/aromatic N) is 1. The first-order chi connectivity index (χ1) is 9.08. The van der Waals surface area contributed by atoms with Crippen LogP contribution in [0, 0.1) is 5.92 Å². The lowest BCUT2D eigenvalue weighted by molar-refractivity contribution is 0.0685. The Morgan fingerprint density at radius 3 is 2.68 bits per heavy atom. The molecular weight excluding hydrogens is 304 g/mol. The SMILES string of the molecule is C[C@H](N)c1ccc(N(C)CC2CCOCC2)cc1Br. The summed E-state index contributed by atoms with van der Waals surface area (Å²) in [5.41, 5.74) is 8.33. The zero-order chi connectivity index (χ0) is 13.8. The first-order valence-electron chi connectivity index (χ1n) is 6.92. The van der Waals surface area contributed by atoms with Gasteiger partial charge < -0.3 is 15.4 Å². The number of hydrogen-bond acceptors (Lipinski definition) is 3. The summed E-state index contributed by atoms with van der Waals surface area (Å²) in [5.74, 6) is 0.741. The second-order valence-corrected chi connectivity index (χ2v) is 6.29. The molecule has 0 aromatic heterocycles. The summed E-state index contributed by atoms with van der Waals surface area (Å²) in [4.78, 5) is 2.33. The van der Waals surface area contributed by atoms with Crippen molar-refractivity contribution < 1.29 is 4.74 Å². The second-order valence-electron chi connectivity index (χ2n) is 5.43. The van der Waals surface area contributed by atoms with Gasteiger partial charge in [-0.1, -0.05) is 22.0 Å². The molecule has 1 aromatic rings. The fourth-order valence-electron chi connectivity index (χ4n) is 2.54. The van der Waals surface area contributed by atoms with Crippen LogP contribution in [-0.4, -0.2) is 26.8 Å². The van der Waals surface area contributed by atoms with E-state index in [0.717, 1.165) is 35.7 Å². The zero-order valence-electron chi connectivity index (χ0n) is 11.7. The number of hydrogen-bond donors (Lipinski definition) is 1. The fourth-order valence-corrected chi connectivity index (χ4v) is 3.27. The van der Waals surface area contributed by atoms with Gasteiger partial charge in [-0.25, -0.2) is 0 Å². The lowest BCUT2D eigenvalue weighted by Gasteiger charge is -2.28. The van der Waals surface area contributed by atoms with Gasteiger partial charge in [0.05, 0.1) is 0 Å². The molecule has 1 saturated heterocycles. The van der Waals surface area contributed by atoms with E-state index in [-0.39, 0.29) is 6.04 Å². The van der Waals surface area contributed by atoms with Crippen LogP contribution in [0.1, 0.15) is 31.4 Å². The summed E-state index contributed by atoms with van der Waals surface area (Å²) in [6, 6.07) is 6.50. The van der Waals surface area contributed by atoms with Gasteiger partial charge in [0.2, 0.25) is 0 Å². The van der Waals surface area contributed by atoms with Crippen molar-refractivity contribution in [2.75, 3.05) is 31.7 Å². The van der Waals surface area contributed by atoms with Gasteiger partial charge in [-0.05, 0) is 43.4 Å². The Balaban J connectivity index is 2.02. The van der Waals surface area contributed by atoms with Crippen molar-refractivity contribution in [2.45, 2.75) is 25.8 Å². The van der Waals surface area contributed by atoms with E-state index < -0.39 is 0 Å². The normalized spacial score (nSPS) is 18.3. The highest BCUT2D eigenvalue weighted by atomic mass is 79.9. The van der Waals surface area contributed by atoms with E-state index in [4.69, 9.17) is 10.5 Å². The fraction of sp³-hybridized carbons (Fsp3) is 0.600. The number of nitrogens with two attached hydrogens (primary N) is 1. The molecule has 1 aliphatic rings. The average molecular weight is 327 g/mol. The van der Waals surface area contributed by atoms with Gasteiger partial charge in [0.15, 0.2) is 0 Å². The molecular formula is C15H23BrN2O. The van der Waals surface area contributed by atoms with Crippen LogP contribution in [0.5, 0.6) is 0 Å². The highest BCUT2D eigenvalue weighted by Gasteiger charge is 2.16. The molecule has 1 aromatic carbocycles. The van der Waals surface area contributed by atoms with Gasteiger partial charge >= 0.3 is 0 Å². The van der Waals surface area contributed by atoms with Crippen molar-refractivity contribution in [3.8, 4) is 0 Å². The van der Waals surface area contributed by atoms with Crippen LogP contribution in [0.2, 0.25) is 0 Å². The van der Waals surface area contributed by atoms with Crippen LogP contribution >= 0.6 is 15.9 Å². The molecule has 2 rings (SSSR count). The van der Waals surface area contributed by atoms with E-state index in [1.54, 1.807) is 0 Å². The molecule has 106 valence electrons. The smallest absolute Gasteiger partial charge is 0.0469 e. The maximum Gasteiger partial charge on any atom is 0.0469 e. The van der Waals surface area contributed by atoms with Crippen molar-refractivity contribution in [1.82, 2.24) is 0 Å². The number of benzene rings is 1. The summed E-state index contributed by atoms with van der Waals surface area (Å²) in [5, 5.41) is 0. The first-order valence-corrected chi connectivity index (χ1v) is 7.71. The summed E-state index contributed by atoms with van der Waals surface area (Å²) in [7, 11) is 2.16. The van der Waals surface area contributed by atoms with Crippen LogP contribution < -0.4 is 10.6 Å². The molecule has 4 heteroatoms. The lowest BCUT2D eigenvalue weighted by atomic mass is 9.99.